The highest BCUT2D eigenvalue weighted by Gasteiger charge is 2.37. The quantitative estimate of drug-likeness (QED) is 0.783. The minimum absolute atomic E-state index is 0.110. The van der Waals surface area contributed by atoms with E-state index in [4.69, 9.17) is 4.74 Å². The molecule has 3 rings (SSSR count). The van der Waals surface area contributed by atoms with Crippen LogP contribution < -0.4 is 4.74 Å². The van der Waals surface area contributed by atoms with Crippen molar-refractivity contribution in [3.05, 3.63) is 24.8 Å². The summed E-state index contributed by atoms with van der Waals surface area (Å²) in [5, 5.41) is 19.3. The molecule has 7 heteroatoms. The molecule has 0 radical (unpaired) electrons. The first-order chi connectivity index (χ1) is 9.67. The van der Waals surface area contributed by atoms with E-state index >= 15 is 0 Å². The molecular weight excluding hydrogens is 260 g/mol. The Labute approximate surface area is 115 Å². The first-order valence-electron chi connectivity index (χ1n) is 6.36. The number of aliphatic hydroxyl groups excluding tert-OH is 2. The van der Waals surface area contributed by atoms with Crippen molar-refractivity contribution in [2.24, 2.45) is 5.92 Å². The topological polar surface area (TPSA) is 93.3 Å². The van der Waals surface area contributed by atoms with Gasteiger partial charge in [0.2, 0.25) is 5.88 Å². The molecule has 2 heterocycles. The highest BCUT2D eigenvalue weighted by atomic mass is 16.5. The van der Waals surface area contributed by atoms with Crippen molar-refractivity contribution in [1.29, 1.82) is 0 Å². The summed E-state index contributed by atoms with van der Waals surface area (Å²) in [6, 6.07) is -0.133. The number of hydrogen-bond acceptors (Lipinski definition) is 6. The Bertz CT molecular complexity index is 654. The van der Waals surface area contributed by atoms with Gasteiger partial charge in [-0.05, 0) is 12.0 Å². The maximum atomic E-state index is 9.99. The molecule has 0 unspecified atom stereocenters. The lowest BCUT2D eigenvalue weighted by atomic mass is 10.0. The van der Waals surface area contributed by atoms with E-state index in [0.717, 1.165) is 5.57 Å². The van der Waals surface area contributed by atoms with Gasteiger partial charge in [-0.15, -0.1) is 0 Å². The molecule has 1 fully saturated rings. The molecule has 106 valence electrons. The number of aliphatic hydroxyl groups is 2. The van der Waals surface area contributed by atoms with Gasteiger partial charge in [0.1, 0.15) is 6.33 Å². The van der Waals surface area contributed by atoms with Gasteiger partial charge in [-0.25, -0.2) is 9.97 Å². The zero-order valence-electron chi connectivity index (χ0n) is 11.1. The summed E-state index contributed by atoms with van der Waals surface area (Å²) in [6.07, 6.45) is 2.95. The van der Waals surface area contributed by atoms with Gasteiger partial charge >= 0.3 is 0 Å². The Morgan fingerprint density at radius 2 is 2.25 bits per heavy atom. The zero-order valence-corrected chi connectivity index (χ0v) is 11.1. The lowest BCUT2D eigenvalue weighted by Gasteiger charge is -2.15. The fourth-order valence-electron chi connectivity index (χ4n) is 2.78. The number of hydrogen-bond donors (Lipinski definition) is 2. The monoisotopic (exact) mass is 276 g/mol. The Morgan fingerprint density at radius 1 is 1.45 bits per heavy atom. The van der Waals surface area contributed by atoms with E-state index in [1.807, 2.05) is 4.57 Å². The summed E-state index contributed by atoms with van der Waals surface area (Å²) in [5.41, 5.74) is 2.00. The van der Waals surface area contributed by atoms with Crippen LogP contribution in [0, 0.1) is 5.92 Å². The maximum absolute atomic E-state index is 9.99. The lowest BCUT2D eigenvalue weighted by molar-refractivity contribution is 0.101. The van der Waals surface area contributed by atoms with Crippen LogP contribution in [0.3, 0.4) is 0 Å². The van der Waals surface area contributed by atoms with Gasteiger partial charge in [-0.3, -0.25) is 0 Å². The Balaban J connectivity index is 2.06. The van der Waals surface area contributed by atoms with Gasteiger partial charge in [0.15, 0.2) is 11.2 Å². The average Bonchev–Trinajstić information content (AvgIpc) is 2.99. The molecule has 7 nitrogen and oxygen atoms in total. The molecular formula is C13H16N4O3. The van der Waals surface area contributed by atoms with Crippen LogP contribution in [0.2, 0.25) is 0 Å². The van der Waals surface area contributed by atoms with Crippen LogP contribution >= 0.6 is 0 Å². The minimum atomic E-state index is -0.598. The SMILES string of the molecule is C=C1[C@H](CO)[C@@H](O)C[C@@H]1n1cnc2c(OC)ncnc21. The Kier molecular flexibility index (Phi) is 3.15. The van der Waals surface area contributed by atoms with Crippen LogP contribution in [0.15, 0.2) is 24.8 Å². The first kappa shape index (κ1) is 13.0. The Hall–Kier alpha value is -1.99. The molecule has 2 aromatic heterocycles. The van der Waals surface area contributed by atoms with Crippen molar-refractivity contribution >= 4 is 11.2 Å². The van der Waals surface area contributed by atoms with Gasteiger partial charge < -0.3 is 19.5 Å². The third kappa shape index (κ3) is 1.78. The second-order valence-electron chi connectivity index (χ2n) is 4.89. The van der Waals surface area contributed by atoms with Crippen molar-refractivity contribution < 1.29 is 14.9 Å². The molecule has 0 saturated heterocycles. The van der Waals surface area contributed by atoms with E-state index in [2.05, 4.69) is 21.5 Å². The molecule has 1 saturated carbocycles. The highest BCUT2D eigenvalue weighted by Crippen LogP contribution is 2.40. The largest absolute Gasteiger partial charge is 0.479 e. The third-order valence-electron chi connectivity index (χ3n) is 3.88. The molecule has 0 amide bonds. The second kappa shape index (κ2) is 4.84. The van der Waals surface area contributed by atoms with Crippen LogP contribution in [-0.4, -0.2) is 49.6 Å². The van der Waals surface area contributed by atoms with Crippen LogP contribution in [-0.2, 0) is 0 Å². The van der Waals surface area contributed by atoms with Gasteiger partial charge in [0, 0.05) is 5.92 Å². The number of fused-ring (bicyclic) bond motifs is 1. The Morgan fingerprint density at radius 3 is 2.90 bits per heavy atom. The van der Waals surface area contributed by atoms with Gasteiger partial charge in [0.25, 0.3) is 0 Å². The van der Waals surface area contributed by atoms with Crippen molar-refractivity contribution in [3.63, 3.8) is 0 Å². The fourth-order valence-corrected chi connectivity index (χ4v) is 2.78. The molecule has 1 aliphatic rings. The molecule has 2 aromatic rings. The predicted molar refractivity (Wildman–Crippen MR) is 71.3 cm³/mol. The zero-order chi connectivity index (χ0) is 14.3. The molecule has 0 spiro atoms. The van der Waals surface area contributed by atoms with Crippen molar-refractivity contribution in [3.8, 4) is 5.88 Å². The van der Waals surface area contributed by atoms with E-state index in [9.17, 15) is 10.2 Å². The lowest BCUT2D eigenvalue weighted by Crippen LogP contribution is -2.17. The summed E-state index contributed by atoms with van der Waals surface area (Å²) < 4.78 is 7.00. The van der Waals surface area contributed by atoms with E-state index in [1.165, 1.54) is 13.4 Å². The minimum Gasteiger partial charge on any atom is -0.479 e. The van der Waals surface area contributed by atoms with Gasteiger partial charge in [0.05, 0.1) is 32.2 Å². The molecule has 20 heavy (non-hydrogen) atoms. The number of rotatable bonds is 3. The highest BCUT2D eigenvalue weighted by molar-refractivity contribution is 5.76. The fraction of sp³-hybridized carbons (Fsp3) is 0.462. The number of aromatic nitrogens is 4. The standard InChI is InChI=1S/C13H16N4O3/c1-7-8(4-18)10(19)3-9(7)17-6-16-11-12(17)14-5-15-13(11)20-2/h5-6,8-10,18-19H,1,3-4H2,2H3/t8-,9-,10-/m0/s1. The maximum Gasteiger partial charge on any atom is 0.245 e. The summed E-state index contributed by atoms with van der Waals surface area (Å²) in [4.78, 5) is 12.5. The normalized spacial score (nSPS) is 26.4. The number of ether oxygens (including phenoxy) is 1. The third-order valence-corrected chi connectivity index (χ3v) is 3.88. The molecule has 0 bridgehead atoms. The van der Waals surface area contributed by atoms with Crippen molar-refractivity contribution in [1.82, 2.24) is 19.5 Å². The molecule has 0 aliphatic heterocycles. The molecule has 2 N–H and O–H groups in total. The van der Waals surface area contributed by atoms with E-state index in [-0.39, 0.29) is 18.6 Å². The smallest absolute Gasteiger partial charge is 0.245 e. The van der Waals surface area contributed by atoms with Gasteiger partial charge in [-0.1, -0.05) is 6.58 Å². The van der Waals surface area contributed by atoms with E-state index in [1.54, 1.807) is 6.33 Å². The predicted octanol–water partition coefficient (Wildman–Crippen LogP) is 0.305. The summed E-state index contributed by atoms with van der Waals surface area (Å²) in [7, 11) is 1.53. The van der Waals surface area contributed by atoms with Crippen LogP contribution in [0.5, 0.6) is 5.88 Å². The average molecular weight is 276 g/mol. The van der Waals surface area contributed by atoms with Crippen LogP contribution in [0.25, 0.3) is 11.2 Å². The number of methoxy groups -OCH3 is 1. The van der Waals surface area contributed by atoms with Gasteiger partial charge in [-0.2, -0.15) is 4.98 Å². The van der Waals surface area contributed by atoms with E-state index in [0.29, 0.717) is 23.5 Å². The molecule has 1 aliphatic carbocycles. The molecule has 0 aromatic carbocycles. The van der Waals surface area contributed by atoms with Crippen LogP contribution in [0.4, 0.5) is 0 Å². The summed E-state index contributed by atoms with van der Waals surface area (Å²) in [6.45, 7) is 3.89. The first-order valence-corrected chi connectivity index (χ1v) is 6.36. The number of imidazole rings is 1. The van der Waals surface area contributed by atoms with E-state index < -0.39 is 6.10 Å². The summed E-state index contributed by atoms with van der Waals surface area (Å²) >= 11 is 0. The van der Waals surface area contributed by atoms with Crippen molar-refractivity contribution in [2.45, 2.75) is 18.6 Å². The number of nitrogens with zero attached hydrogens (tertiary/aromatic N) is 4. The van der Waals surface area contributed by atoms with Crippen LogP contribution in [0.1, 0.15) is 12.5 Å². The molecule has 3 atom stereocenters. The van der Waals surface area contributed by atoms with Crippen molar-refractivity contribution in [2.75, 3.05) is 13.7 Å². The summed E-state index contributed by atoms with van der Waals surface area (Å²) in [5.74, 6) is 0.109. The second-order valence-corrected chi connectivity index (χ2v) is 4.89.